The molecule has 0 bridgehead atoms. The van der Waals surface area contributed by atoms with Crippen LogP contribution in [0.25, 0.3) is 0 Å². The molecule has 1 aromatic rings. The third kappa shape index (κ3) is 3.01. The van der Waals surface area contributed by atoms with Gasteiger partial charge in [0.15, 0.2) is 0 Å². The Kier molecular flexibility index (Phi) is 3.89. The Hall–Kier alpha value is -1.26. The summed E-state index contributed by atoms with van der Waals surface area (Å²) in [6, 6.07) is 8.78. The van der Waals surface area contributed by atoms with E-state index >= 15 is 0 Å². The predicted molar refractivity (Wildman–Crippen MR) is 75.8 cm³/mol. The van der Waals surface area contributed by atoms with Crippen molar-refractivity contribution >= 4 is 5.69 Å². The molecular weight excluding hydrogens is 240 g/mol. The molecule has 0 aromatic heterocycles. The Balaban J connectivity index is 1.56. The zero-order valence-corrected chi connectivity index (χ0v) is 11.5. The molecule has 0 aliphatic carbocycles. The second-order valence-corrected chi connectivity index (χ2v) is 5.40. The molecule has 4 heteroatoms. The molecule has 1 aromatic carbocycles. The predicted octanol–water partition coefficient (Wildman–Crippen LogP) is 1.97. The minimum absolute atomic E-state index is 0.225. The molecule has 1 N–H and O–H groups in total. The fourth-order valence-electron chi connectivity index (χ4n) is 2.86. The van der Waals surface area contributed by atoms with Crippen molar-refractivity contribution in [3.8, 4) is 5.75 Å². The van der Waals surface area contributed by atoms with Crippen molar-refractivity contribution in [3.05, 3.63) is 24.3 Å². The fourth-order valence-corrected chi connectivity index (χ4v) is 2.86. The molecule has 0 radical (unpaired) electrons. The summed E-state index contributed by atoms with van der Waals surface area (Å²) >= 11 is 0. The zero-order chi connectivity index (χ0) is 13.1. The Morgan fingerprint density at radius 1 is 1.26 bits per heavy atom. The van der Waals surface area contributed by atoms with Crippen molar-refractivity contribution in [2.45, 2.75) is 25.0 Å². The lowest BCUT2D eigenvalue weighted by Gasteiger charge is -2.35. The molecule has 0 spiro atoms. The van der Waals surface area contributed by atoms with E-state index < -0.39 is 0 Å². The van der Waals surface area contributed by atoms with E-state index in [1.54, 1.807) is 0 Å². The summed E-state index contributed by atoms with van der Waals surface area (Å²) in [6.45, 7) is 3.62. The van der Waals surface area contributed by atoms with Gasteiger partial charge in [-0.25, -0.2) is 0 Å². The summed E-state index contributed by atoms with van der Waals surface area (Å²) in [6.07, 6.45) is 2.49. The maximum Gasteiger partial charge on any atom is 0.142 e. The van der Waals surface area contributed by atoms with Crippen LogP contribution in [0.3, 0.4) is 0 Å². The standard InChI is InChI=1S/C15H22N2O2/c1-17(12-6-8-18-9-7-12)11-13-10-16-14-4-2-3-5-15(14)19-13/h2-5,12-13,16H,6-11H2,1H3. The molecule has 0 saturated carbocycles. The number of rotatable bonds is 3. The van der Waals surface area contributed by atoms with Crippen LogP contribution in [0.2, 0.25) is 0 Å². The highest BCUT2D eigenvalue weighted by Crippen LogP contribution is 2.28. The van der Waals surface area contributed by atoms with Crippen LogP contribution in [0.5, 0.6) is 5.75 Å². The van der Waals surface area contributed by atoms with Crippen molar-refractivity contribution in [2.75, 3.05) is 38.7 Å². The van der Waals surface area contributed by atoms with Crippen molar-refractivity contribution in [3.63, 3.8) is 0 Å². The van der Waals surface area contributed by atoms with Crippen LogP contribution in [-0.4, -0.2) is 50.4 Å². The van der Waals surface area contributed by atoms with E-state index in [1.165, 1.54) is 0 Å². The van der Waals surface area contributed by atoms with Crippen LogP contribution >= 0.6 is 0 Å². The van der Waals surface area contributed by atoms with E-state index in [-0.39, 0.29) is 6.10 Å². The second kappa shape index (κ2) is 5.80. The summed E-state index contributed by atoms with van der Waals surface area (Å²) in [5, 5.41) is 3.44. The van der Waals surface area contributed by atoms with E-state index in [9.17, 15) is 0 Å². The van der Waals surface area contributed by atoms with Crippen molar-refractivity contribution in [1.29, 1.82) is 0 Å². The Morgan fingerprint density at radius 3 is 2.89 bits per heavy atom. The third-order valence-corrected chi connectivity index (χ3v) is 4.01. The molecular formula is C15H22N2O2. The SMILES string of the molecule is CN(CC1CNc2ccccc2O1)C1CCOCC1. The Labute approximate surface area is 114 Å². The van der Waals surface area contributed by atoms with Gasteiger partial charge in [-0.3, -0.25) is 4.90 Å². The highest BCUT2D eigenvalue weighted by Gasteiger charge is 2.24. The average molecular weight is 262 g/mol. The molecule has 19 heavy (non-hydrogen) atoms. The van der Waals surface area contributed by atoms with Gasteiger partial charge in [-0.2, -0.15) is 0 Å². The third-order valence-electron chi connectivity index (χ3n) is 4.01. The lowest BCUT2D eigenvalue weighted by atomic mass is 10.1. The molecule has 1 saturated heterocycles. The van der Waals surface area contributed by atoms with Crippen molar-refractivity contribution in [2.24, 2.45) is 0 Å². The smallest absolute Gasteiger partial charge is 0.142 e. The quantitative estimate of drug-likeness (QED) is 0.903. The second-order valence-electron chi connectivity index (χ2n) is 5.40. The molecule has 4 nitrogen and oxygen atoms in total. The van der Waals surface area contributed by atoms with Gasteiger partial charge in [-0.05, 0) is 32.0 Å². The molecule has 2 aliphatic rings. The number of ether oxygens (including phenoxy) is 2. The molecule has 104 valence electrons. The minimum Gasteiger partial charge on any atom is -0.485 e. The number of para-hydroxylation sites is 2. The summed E-state index contributed by atoms with van der Waals surface area (Å²) in [4.78, 5) is 2.42. The zero-order valence-electron chi connectivity index (χ0n) is 11.5. The maximum absolute atomic E-state index is 6.06. The van der Waals surface area contributed by atoms with Gasteiger partial charge in [0.2, 0.25) is 0 Å². The van der Waals surface area contributed by atoms with E-state index in [0.717, 1.165) is 50.6 Å². The van der Waals surface area contributed by atoms with Gasteiger partial charge in [0.25, 0.3) is 0 Å². The number of hydrogen-bond acceptors (Lipinski definition) is 4. The first-order valence-corrected chi connectivity index (χ1v) is 7.10. The van der Waals surface area contributed by atoms with Gasteiger partial charge in [0, 0.05) is 25.8 Å². The lowest BCUT2D eigenvalue weighted by molar-refractivity contribution is 0.0302. The van der Waals surface area contributed by atoms with Crippen LogP contribution in [-0.2, 0) is 4.74 Å². The monoisotopic (exact) mass is 262 g/mol. The number of nitrogens with zero attached hydrogens (tertiary/aromatic N) is 1. The Bertz CT molecular complexity index is 418. The fraction of sp³-hybridized carbons (Fsp3) is 0.600. The first-order valence-electron chi connectivity index (χ1n) is 7.10. The van der Waals surface area contributed by atoms with E-state index in [0.29, 0.717) is 6.04 Å². The molecule has 2 heterocycles. The number of anilines is 1. The molecule has 2 aliphatic heterocycles. The summed E-state index contributed by atoms with van der Waals surface area (Å²) in [5.41, 5.74) is 1.10. The highest BCUT2D eigenvalue weighted by atomic mass is 16.5. The largest absolute Gasteiger partial charge is 0.485 e. The maximum atomic E-state index is 6.06. The number of likely N-dealkylation sites (N-methyl/N-ethyl adjacent to an activating group) is 1. The minimum atomic E-state index is 0.225. The van der Waals surface area contributed by atoms with E-state index in [1.807, 2.05) is 18.2 Å². The Morgan fingerprint density at radius 2 is 2.05 bits per heavy atom. The van der Waals surface area contributed by atoms with Gasteiger partial charge >= 0.3 is 0 Å². The van der Waals surface area contributed by atoms with Gasteiger partial charge in [0.1, 0.15) is 11.9 Å². The van der Waals surface area contributed by atoms with Gasteiger partial charge in [-0.15, -0.1) is 0 Å². The normalized spacial score (nSPS) is 23.6. The van der Waals surface area contributed by atoms with Crippen LogP contribution in [0.4, 0.5) is 5.69 Å². The van der Waals surface area contributed by atoms with Gasteiger partial charge < -0.3 is 14.8 Å². The lowest BCUT2D eigenvalue weighted by Crippen LogP contribution is -2.45. The van der Waals surface area contributed by atoms with E-state index in [4.69, 9.17) is 9.47 Å². The number of fused-ring (bicyclic) bond motifs is 1. The molecule has 1 unspecified atom stereocenters. The van der Waals surface area contributed by atoms with Crippen LogP contribution in [0, 0.1) is 0 Å². The van der Waals surface area contributed by atoms with Crippen LogP contribution in [0.1, 0.15) is 12.8 Å². The first-order chi connectivity index (χ1) is 9.33. The number of benzene rings is 1. The highest BCUT2D eigenvalue weighted by molar-refractivity contribution is 5.57. The summed E-state index contributed by atoms with van der Waals surface area (Å²) in [7, 11) is 2.19. The molecule has 1 fully saturated rings. The van der Waals surface area contributed by atoms with Gasteiger partial charge in [0.05, 0.1) is 12.2 Å². The number of nitrogens with one attached hydrogen (secondary N) is 1. The van der Waals surface area contributed by atoms with Crippen molar-refractivity contribution < 1.29 is 9.47 Å². The van der Waals surface area contributed by atoms with Crippen molar-refractivity contribution in [1.82, 2.24) is 4.90 Å². The molecule has 0 amide bonds. The topological polar surface area (TPSA) is 33.7 Å². The van der Waals surface area contributed by atoms with Gasteiger partial charge in [-0.1, -0.05) is 12.1 Å². The molecule has 3 rings (SSSR count). The summed E-state index contributed by atoms with van der Waals surface area (Å²) in [5.74, 6) is 0.971. The summed E-state index contributed by atoms with van der Waals surface area (Å²) < 4.78 is 11.5. The first kappa shape index (κ1) is 12.8. The molecule has 1 atom stereocenters. The van der Waals surface area contributed by atoms with E-state index in [2.05, 4.69) is 23.3 Å². The van der Waals surface area contributed by atoms with Crippen LogP contribution in [0.15, 0.2) is 24.3 Å². The number of hydrogen-bond donors (Lipinski definition) is 1. The average Bonchev–Trinajstić information content (AvgIpc) is 2.48. The van der Waals surface area contributed by atoms with Crippen LogP contribution < -0.4 is 10.1 Å².